The summed E-state index contributed by atoms with van der Waals surface area (Å²) in [6.07, 6.45) is -0.373. The Morgan fingerprint density at radius 3 is 2.52 bits per heavy atom. The van der Waals surface area contributed by atoms with Gasteiger partial charge in [0.15, 0.2) is 5.69 Å². The molecule has 0 aliphatic rings. The van der Waals surface area contributed by atoms with Crippen molar-refractivity contribution in [2.45, 2.75) is 20.3 Å². The average molecular weight is 440 g/mol. The van der Waals surface area contributed by atoms with Gasteiger partial charge in [0.1, 0.15) is 17.4 Å². The lowest BCUT2D eigenvalue weighted by atomic mass is 10.0. The molecular formula is C23H19ClFN3O3. The van der Waals surface area contributed by atoms with Gasteiger partial charge in [0.05, 0.1) is 18.4 Å². The third-order valence-electron chi connectivity index (χ3n) is 4.50. The number of nitrogens with zero attached hydrogens (tertiary/aromatic N) is 2. The largest absolute Gasteiger partial charge is 0.461 e. The van der Waals surface area contributed by atoms with E-state index in [0.717, 1.165) is 5.56 Å². The first-order valence-electron chi connectivity index (χ1n) is 9.47. The van der Waals surface area contributed by atoms with Gasteiger partial charge in [0, 0.05) is 11.3 Å². The summed E-state index contributed by atoms with van der Waals surface area (Å²) in [5.41, 5.74) is 2.60. The molecule has 1 heterocycles. The van der Waals surface area contributed by atoms with Gasteiger partial charge in [-0.05, 0) is 49.2 Å². The fourth-order valence-electron chi connectivity index (χ4n) is 3.14. The molecule has 1 aromatic heterocycles. The standard InChI is InChI=1S/C23H19ClFN3O3/c1-3-31-23(30)22-19(27-21(29)10-11-26)13-20(24)28(22)16-7-5-15(6-8-16)17-9-4-14(2)12-18(17)25/h4-9,12-13H,3,10H2,1-2H3,(H,27,29). The highest BCUT2D eigenvalue weighted by Gasteiger charge is 2.24. The van der Waals surface area contributed by atoms with Crippen LogP contribution in [0.2, 0.25) is 5.15 Å². The van der Waals surface area contributed by atoms with Gasteiger partial charge in [-0.15, -0.1) is 0 Å². The Morgan fingerprint density at radius 2 is 1.90 bits per heavy atom. The first kappa shape index (κ1) is 22.1. The molecule has 0 atom stereocenters. The summed E-state index contributed by atoms with van der Waals surface area (Å²) < 4.78 is 20.9. The molecule has 0 bridgehead atoms. The quantitative estimate of drug-likeness (QED) is 0.530. The number of benzene rings is 2. The van der Waals surface area contributed by atoms with Crippen molar-refractivity contribution in [3.05, 3.63) is 70.8 Å². The predicted molar refractivity (Wildman–Crippen MR) is 116 cm³/mol. The van der Waals surface area contributed by atoms with E-state index in [0.29, 0.717) is 16.8 Å². The number of amides is 1. The van der Waals surface area contributed by atoms with Gasteiger partial charge >= 0.3 is 5.97 Å². The molecule has 0 spiro atoms. The minimum absolute atomic E-state index is 0.0207. The number of hydrogen-bond donors (Lipinski definition) is 1. The molecule has 158 valence electrons. The fourth-order valence-corrected chi connectivity index (χ4v) is 3.43. The number of carbonyl (C=O) groups excluding carboxylic acids is 2. The molecule has 0 saturated heterocycles. The maximum atomic E-state index is 14.3. The van der Waals surface area contributed by atoms with E-state index in [1.54, 1.807) is 43.3 Å². The number of carbonyl (C=O) groups is 2. The van der Waals surface area contributed by atoms with E-state index < -0.39 is 11.9 Å². The average Bonchev–Trinajstić information content (AvgIpc) is 3.04. The van der Waals surface area contributed by atoms with E-state index in [-0.39, 0.29) is 35.4 Å². The van der Waals surface area contributed by atoms with E-state index in [1.807, 2.05) is 13.0 Å². The minimum atomic E-state index is -0.685. The van der Waals surface area contributed by atoms with Crippen LogP contribution in [-0.4, -0.2) is 23.1 Å². The monoisotopic (exact) mass is 439 g/mol. The Bertz CT molecular complexity index is 1180. The SMILES string of the molecule is CCOC(=O)c1c(NC(=O)CC#N)cc(Cl)n1-c1ccc(-c2ccc(C)cc2F)cc1. The van der Waals surface area contributed by atoms with Crippen LogP contribution < -0.4 is 5.32 Å². The summed E-state index contributed by atoms with van der Waals surface area (Å²) in [5.74, 6) is -1.59. The Labute approximate surface area is 183 Å². The Hall–Kier alpha value is -3.63. The Balaban J connectivity index is 2.05. The molecule has 1 N–H and O–H groups in total. The number of nitriles is 1. The summed E-state index contributed by atoms with van der Waals surface area (Å²) in [5, 5.41) is 11.4. The molecule has 1 amide bonds. The molecule has 0 fully saturated rings. The second-order valence-electron chi connectivity index (χ2n) is 6.70. The van der Waals surface area contributed by atoms with Crippen LogP contribution in [0.5, 0.6) is 0 Å². The zero-order valence-electron chi connectivity index (χ0n) is 16.9. The second kappa shape index (κ2) is 9.45. The number of ether oxygens (including phenoxy) is 1. The van der Waals surface area contributed by atoms with Crippen molar-refractivity contribution >= 4 is 29.2 Å². The molecule has 0 radical (unpaired) electrons. The zero-order chi connectivity index (χ0) is 22.5. The number of aryl methyl sites for hydroxylation is 1. The molecule has 6 nitrogen and oxygen atoms in total. The maximum Gasteiger partial charge on any atom is 0.357 e. The Morgan fingerprint density at radius 1 is 1.19 bits per heavy atom. The molecule has 3 aromatic rings. The van der Waals surface area contributed by atoms with Gasteiger partial charge in [-0.25, -0.2) is 9.18 Å². The molecule has 0 saturated carbocycles. The van der Waals surface area contributed by atoms with Gasteiger partial charge in [0.25, 0.3) is 0 Å². The number of anilines is 1. The van der Waals surface area contributed by atoms with Crippen molar-refractivity contribution in [3.8, 4) is 22.9 Å². The lowest BCUT2D eigenvalue weighted by molar-refractivity contribution is -0.115. The topological polar surface area (TPSA) is 84.1 Å². The van der Waals surface area contributed by atoms with E-state index in [2.05, 4.69) is 5.32 Å². The van der Waals surface area contributed by atoms with Crippen LogP contribution in [0.4, 0.5) is 10.1 Å². The number of rotatable bonds is 6. The molecule has 2 aromatic carbocycles. The van der Waals surface area contributed by atoms with Crippen molar-refractivity contribution in [3.63, 3.8) is 0 Å². The number of halogens is 2. The molecule has 0 aliphatic carbocycles. The van der Waals surface area contributed by atoms with E-state index in [1.165, 1.54) is 16.7 Å². The van der Waals surface area contributed by atoms with Crippen LogP contribution in [0, 0.1) is 24.1 Å². The highest BCUT2D eigenvalue weighted by Crippen LogP contribution is 2.32. The van der Waals surface area contributed by atoms with Crippen molar-refractivity contribution in [1.82, 2.24) is 4.57 Å². The summed E-state index contributed by atoms with van der Waals surface area (Å²) in [4.78, 5) is 24.5. The molecule has 0 aliphatic heterocycles. The summed E-state index contributed by atoms with van der Waals surface area (Å²) in [7, 11) is 0. The van der Waals surface area contributed by atoms with Crippen molar-refractivity contribution in [2.75, 3.05) is 11.9 Å². The smallest absolute Gasteiger partial charge is 0.357 e. The summed E-state index contributed by atoms with van der Waals surface area (Å²) in [6.45, 7) is 3.60. The third kappa shape index (κ3) is 4.76. The predicted octanol–water partition coefficient (Wildman–Crippen LogP) is 5.27. The highest BCUT2D eigenvalue weighted by molar-refractivity contribution is 6.31. The molecule has 3 rings (SSSR count). The summed E-state index contributed by atoms with van der Waals surface area (Å²) in [6, 6.07) is 14.9. The van der Waals surface area contributed by atoms with Crippen LogP contribution in [0.3, 0.4) is 0 Å². The van der Waals surface area contributed by atoms with E-state index in [9.17, 15) is 14.0 Å². The molecular weight excluding hydrogens is 421 g/mol. The fraction of sp³-hybridized carbons (Fsp3) is 0.174. The lowest BCUT2D eigenvalue weighted by Crippen LogP contribution is -2.17. The lowest BCUT2D eigenvalue weighted by Gasteiger charge is -2.13. The van der Waals surface area contributed by atoms with Crippen LogP contribution in [0.25, 0.3) is 16.8 Å². The number of hydrogen-bond acceptors (Lipinski definition) is 4. The van der Waals surface area contributed by atoms with Crippen LogP contribution >= 0.6 is 11.6 Å². The van der Waals surface area contributed by atoms with E-state index in [4.69, 9.17) is 21.6 Å². The normalized spacial score (nSPS) is 10.4. The van der Waals surface area contributed by atoms with Crippen molar-refractivity contribution < 1.29 is 18.7 Å². The minimum Gasteiger partial charge on any atom is -0.461 e. The van der Waals surface area contributed by atoms with Gasteiger partial charge in [0.2, 0.25) is 5.91 Å². The zero-order valence-corrected chi connectivity index (χ0v) is 17.7. The van der Waals surface area contributed by atoms with Crippen LogP contribution in [0.15, 0.2) is 48.5 Å². The first-order valence-corrected chi connectivity index (χ1v) is 9.85. The Kier molecular flexibility index (Phi) is 6.73. The number of esters is 1. The second-order valence-corrected chi connectivity index (χ2v) is 7.09. The maximum absolute atomic E-state index is 14.3. The van der Waals surface area contributed by atoms with Crippen LogP contribution in [0.1, 0.15) is 29.4 Å². The first-order chi connectivity index (χ1) is 14.8. The summed E-state index contributed by atoms with van der Waals surface area (Å²) >= 11 is 6.37. The molecule has 8 heteroatoms. The van der Waals surface area contributed by atoms with Crippen molar-refractivity contribution in [1.29, 1.82) is 5.26 Å². The highest BCUT2D eigenvalue weighted by atomic mass is 35.5. The number of nitrogens with one attached hydrogen (secondary N) is 1. The van der Waals surface area contributed by atoms with E-state index >= 15 is 0 Å². The van der Waals surface area contributed by atoms with Gasteiger partial charge in [-0.3, -0.25) is 9.36 Å². The van der Waals surface area contributed by atoms with Gasteiger partial charge < -0.3 is 10.1 Å². The van der Waals surface area contributed by atoms with Crippen LogP contribution in [-0.2, 0) is 9.53 Å². The molecule has 0 unspecified atom stereocenters. The van der Waals surface area contributed by atoms with Gasteiger partial charge in [-0.1, -0.05) is 35.9 Å². The third-order valence-corrected chi connectivity index (χ3v) is 4.78. The molecule has 31 heavy (non-hydrogen) atoms. The van der Waals surface area contributed by atoms with Crippen molar-refractivity contribution in [2.24, 2.45) is 0 Å². The number of aromatic nitrogens is 1. The van der Waals surface area contributed by atoms with Gasteiger partial charge in [-0.2, -0.15) is 5.26 Å².